The molecule has 1 atom stereocenters. The van der Waals surface area contributed by atoms with Gasteiger partial charge in [0, 0.05) is 24.2 Å². The molecule has 7 heteroatoms. The number of hydrogen-bond donors (Lipinski definition) is 1. The SMILES string of the molecule is Cc1cn(C23CC(Nc4nc5n(n4)CCCC[C@@H]5c4ccccc4F)(C2)C3)cn1. The van der Waals surface area contributed by atoms with Crippen LogP contribution in [0.2, 0.25) is 0 Å². The molecular weight excluding hydrogens is 367 g/mol. The summed E-state index contributed by atoms with van der Waals surface area (Å²) in [5, 5.41) is 8.38. The molecule has 3 aliphatic carbocycles. The monoisotopic (exact) mass is 392 g/mol. The number of benzene rings is 1. The van der Waals surface area contributed by atoms with Crippen LogP contribution in [0.1, 0.15) is 61.5 Å². The maximum atomic E-state index is 14.5. The van der Waals surface area contributed by atoms with E-state index < -0.39 is 0 Å². The van der Waals surface area contributed by atoms with Crippen LogP contribution in [0, 0.1) is 12.7 Å². The molecule has 0 unspecified atom stereocenters. The zero-order valence-corrected chi connectivity index (χ0v) is 16.6. The van der Waals surface area contributed by atoms with Crippen molar-refractivity contribution in [2.45, 2.75) is 69.0 Å². The lowest BCUT2D eigenvalue weighted by molar-refractivity contribution is -0.100. The highest BCUT2D eigenvalue weighted by atomic mass is 19.1. The minimum Gasteiger partial charge on any atom is -0.347 e. The lowest BCUT2D eigenvalue weighted by atomic mass is 9.44. The number of aryl methyl sites for hydroxylation is 2. The van der Waals surface area contributed by atoms with Gasteiger partial charge in [-0.05, 0) is 50.7 Å². The topological polar surface area (TPSA) is 60.6 Å². The van der Waals surface area contributed by atoms with Crippen molar-refractivity contribution in [3.63, 3.8) is 0 Å². The minimum atomic E-state index is -0.152. The number of anilines is 1. The molecule has 4 aliphatic rings. The first kappa shape index (κ1) is 17.2. The maximum absolute atomic E-state index is 14.5. The summed E-state index contributed by atoms with van der Waals surface area (Å²) < 4.78 is 18.7. The Morgan fingerprint density at radius 2 is 2.00 bits per heavy atom. The lowest BCUT2D eigenvalue weighted by Gasteiger charge is -2.70. The molecule has 3 heterocycles. The standard InChI is InChI=1S/C22H25FN6/c1-15-10-28(14-24-15)22-11-21(12-22,13-22)26-20-25-19-17(7-4-5-9-29(19)27-20)16-6-2-3-8-18(16)23/h2-3,6,8,10,14,17H,4-5,7,9,11-13H2,1H3,(H,26,27)/t17-,21?,22?/m1/s1. The third kappa shape index (κ3) is 2.56. The minimum absolute atomic E-state index is 0.0324. The molecule has 0 spiro atoms. The van der Waals surface area contributed by atoms with Gasteiger partial charge >= 0.3 is 0 Å². The van der Waals surface area contributed by atoms with E-state index in [0.717, 1.165) is 62.2 Å². The Hall–Kier alpha value is -2.70. The first-order valence-corrected chi connectivity index (χ1v) is 10.5. The second kappa shape index (κ2) is 5.90. The molecule has 2 bridgehead atoms. The summed E-state index contributed by atoms with van der Waals surface area (Å²) in [6.45, 7) is 2.88. The number of imidazole rings is 1. The number of fused-ring (bicyclic) bond motifs is 1. The van der Waals surface area contributed by atoms with Gasteiger partial charge in [0.25, 0.3) is 0 Å². The van der Waals surface area contributed by atoms with E-state index in [-0.39, 0.29) is 22.8 Å². The normalized spacial score (nSPS) is 30.1. The first-order chi connectivity index (χ1) is 14.1. The Balaban J connectivity index is 1.24. The van der Waals surface area contributed by atoms with Crippen molar-refractivity contribution < 1.29 is 4.39 Å². The molecule has 2 aromatic heterocycles. The Morgan fingerprint density at radius 1 is 1.17 bits per heavy atom. The first-order valence-electron chi connectivity index (χ1n) is 10.5. The van der Waals surface area contributed by atoms with Gasteiger partial charge in [0.2, 0.25) is 5.95 Å². The molecule has 29 heavy (non-hydrogen) atoms. The Labute approximate surface area is 169 Å². The fourth-order valence-corrected chi connectivity index (χ4v) is 5.68. The molecule has 3 saturated carbocycles. The smallest absolute Gasteiger partial charge is 0.242 e. The van der Waals surface area contributed by atoms with E-state index in [2.05, 4.69) is 21.1 Å². The highest BCUT2D eigenvalue weighted by molar-refractivity contribution is 5.42. The molecule has 0 radical (unpaired) electrons. The fourth-order valence-electron chi connectivity index (χ4n) is 5.68. The van der Waals surface area contributed by atoms with Crippen LogP contribution in [0.3, 0.4) is 0 Å². The molecule has 7 rings (SSSR count). The Bertz CT molecular complexity index is 1060. The molecule has 1 N–H and O–H groups in total. The number of aromatic nitrogens is 5. The molecule has 1 aromatic carbocycles. The van der Waals surface area contributed by atoms with Crippen LogP contribution in [-0.4, -0.2) is 29.9 Å². The van der Waals surface area contributed by atoms with E-state index in [9.17, 15) is 4.39 Å². The van der Waals surface area contributed by atoms with E-state index in [0.29, 0.717) is 5.95 Å². The molecular formula is C22H25FN6. The maximum Gasteiger partial charge on any atom is 0.242 e. The van der Waals surface area contributed by atoms with E-state index in [1.807, 2.05) is 30.1 Å². The average molecular weight is 392 g/mol. The van der Waals surface area contributed by atoms with Crippen molar-refractivity contribution >= 4 is 5.95 Å². The van der Waals surface area contributed by atoms with Crippen LogP contribution in [-0.2, 0) is 12.1 Å². The van der Waals surface area contributed by atoms with E-state index in [1.165, 1.54) is 0 Å². The third-order valence-electron chi connectivity index (χ3n) is 7.04. The number of nitrogens with one attached hydrogen (secondary N) is 1. The van der Waals surface area contributed by atoms with Crippen molar-refractivity contribution in [3.05, 3.63) is 59.7 Å². The van der Waals surface area contributed by atoms with Crippen LogP contribution in [0.4, 0.5) is 10.3 Å². The van der Waals surface area contributed by atoms with Gasteiger partial charge in [-0.15, -0.1) is 5.10 Å². The van der Waals surface area contributed by atoms with Gasteiger partial charge in [-0.2, -0.15) is 4.98 Å². The van der Waals surface area contributed by atoms with Gasteiger partial charge in [0.05, 0.1) is 17.6 Å². The van der Waals surface area contributed by atoms with Gasteiger partial charge in [0.15, 0.2) is 0 Å². The lowest BCUT2D eigenvalue weighted by Crippen LogP contribution is -2.75. The average Bonchev–Trinajstić information content (AvgIpc) is 3.19. The third-order valence-corrected chi connectivity index (χ3v) is 7.04. The van der Waals surface area contributed by atoms with Crippen molar-refractivity contribution in [2.24, 2.45) is 0 Å². The number of hydrogen-bond acceptors (Lipinski definition) is 4. The second-order valence-corrected chi connectivity index (χ2v) is 9.17. The van der Waals surface area contributed by atoms with Crippen LogP contribution in [0.25, 0.3) is 0 Å². The summed E-state index contributed by atoms with van der Waals surface area (Å²) in [6, 6.07) is 7.07. The van der Waals surface area contributed by atoms with E-state index in [4.69, 9.17) is 10.1 Å². The van der Waals surface area contributed by atoms with Crippen molar-refractivity contribution in [3.8, 4) is 0 Å². The summed E-state index contributed by atoms with van der Waals surface area (Å²) >= 11 is 0. The van der Waals surface area contributed by atoms with Crippen molar-refractivity contribution in [1.82, 2.24) is 24.3 Å². The van der Waals surface area contributed by atoms with Crippen LogP contribution in [0.15, 0.2) is 36.8 Å². The molecule has 1 aliphatic heterocycles. The Morgan fingerprint density at radius 3 is 2.76 bits per heavy atom. The summed E-state index contributed by atoms with van der Waals surface area (Å²) in [5.74, 6) is 1.40. The van der Waals surface area contributed by atoms with E-state index >= 15 is 0 Å². The quantitative estimate of drug-likeness (QED) is 0.730. The number of rotatable bonds is 4. The molecule has 0 saturated heterocycles. The fraction of sp³-hybridized carbons (Fsp3) is 0.500. The molecule has 0 amide bonds. The van der Waals surface area contributed by atoms with Gasteiger partial charge in [-0.3, -0.25) is 0 Å². The summed E-state index contributed by atoms with van der Waals surface area (Å²) in [5.41, 5.74) is 2.12. The highest BCUT2D eigenvalue weighted by Crippen LogP contribution is 2.66. The summed E-state index contributed by atoms with van der Waals surface area (Å²) in [7, 11) is 0. The van der Waals surface area contributed by atoms with Gasteiger partial charge in [0.1, 0.15) is 11.6 Å². The van der Waals surface area contributed by atoms with Gasteiger partial charge in [-0.25, -0.2) is 14.1 Å². The second-order valence-electron chi connectivity index (χ2n) is 9.17. The van der Waals surface area contributed by atoms with Crippen LogP contribution < -0.4 is 5.32 Å². The molecule has 3 aromatic rings. The molecule has 6 nitrogen and oxygen atoms in total. The van der Waals surface area contributed by atoms with Crippen LogP contribution in [0.5, 0.6) is 0 Å². The van der Waals surface area contributed by atoms with Gasteiger partial charge < -0.3 is 9.88 Å². The summed E-state index contributed by atoms with van der Waals surface area (Å²) in [6.07, 6.45) is 10.3. The highest BCUT2D eigenvalue weighted by Gasteiger charge is 2.69. The van der Waals surface area contributed by atoms with Crippen molar-refractivity contribution in [2.75, 3.05) is 5.32 Å². The molecule has 3 fully saturated rings. The Kier molecular flexibility index (Phi) is 3.50. The number of halogens is 1. The van der Waals surface area contributed by atoms with E-state index in [1.54, 1.807) is 12.1 Å². The zero-order valence-electron chi connectivity index (χ0n) is 16.6. The van der Waals surface area contributed by atoms with Crippen LogP contribution >= 0.6 is 0 Å². The predicted octanol–water partition coefficient (Wildman–Crippen LogP) is 3.98. The zero-order chi connectivity index (χ0) is 19.6. The van der Waals surface area contributed by atoms with Gasteiger partial charge in [-0.1, -0.05) is 24.6 Å². The number of nitrogens with zero attached hydrogens (tertiary/aromatic N) is 5. The molecule has 150 valence electrons. The predicted molar refractivity (Wildman–Crippen MR) is 107 cm³/mol. The van der Waals surface area contributed by atoms with Crippen molar-refractivity contribution in [1.29, 1.82) is 0 Å². The summed E-state index contributed by atoms with van der Waals surface area (Å²) in [4.78, 5) is 9.23. The largest absolute Gasteiger partial charge is 0.347 e.